The summed E-state index contributed by atoms with van der Waals surface area (Å²) in [6.07, 6.45) is 0. The average molecular weight is 185 g/mol. The van der Waals surface area contributed by atoms with Crippen LogP contribution in [0.3, 0.4) is 0 Å². The van der Waals surface area contributed by atoms with E-state index in [9.17, 15) is 10.0 Å². The standard InChI is InChI=1S/C8H15N3O2/c1-7(2)5(6(9)12)11(13)8(3,4)10-7/h10H,1-4H3,(H2,9,12). The number of primary amides is 1. The largest absolute Gasteiger partial charge is 0.622 e. The topological polar surface area (TPSA) is 81.2 Å². The molecular weight excluding hydrogens is 170 g/mol. The number of carbonyl (C=O) groups excluding carboxylic acids is 1. The number of hydrogen-bond acceptors (Lipinski definition) is 3. The first kappa shape index (κ1) is 9.98. The Kier molecular flexibility index (Phi) is 1.88. The van der Waals surface area contributed by atoms with Crippen molar-refractivity contribution in [3.63, 3.8) is 0 Å². The Labute approximate surface area is 77.2 Å². The van der Waals surface area contributed by atoms with Crippen LogP contribution < -0.4 is 11.1 Å². The molecule has 5 heteroatoms. The summed E-state index contributed by atoms with van der Waals surface area (Å²) >= 11 is 0. The number of nitrogens with zero attached hydrogens (tertiary/aromatic N) is 1. The van der Waals surface area contributed by atoms with E-state index in [4.69, 9.17) is 5.73 Å². The SMILES string of the molecule is CC1(C)NC(C)(C)[N+]([O-])=C1C(N)=O. The first-order valence-electron chi connectivity index (χ1n) is 4.12. The molecule has 74 valence electrons. The zero-order valence-corrected chi connectivity index (χ0v) is 8.34. The maximum absolute atomic E-state index is 11.6. The van der Waals surface area contributed by atoms with Crippen molar-refractivity contribution >= 4 is 11.6 Å². The maximum Gasteiger partial charge on any atom is 0.311 e. The predicted octanol–water partition coefficient (Wildman–Crippen LogP) is -0.459. The summed E-state index contributed by atoms with van der Waals surface area (Å²) in [5.41, 5.74) is 3.78. The summed E-state index contributed by atoms with van der Waals surface area (Å²) in [7, 11) is 0. The van der Waals surface area contributed by atoms with E-state index >= 15 is 0 Å². The Morgan fingerprint density at radius 2 is 1.92 bits per heavy atom. The maximum atomic E-state index is 11.6. The summed E-state index contributed by atoms with van der Waals surface area (Å²) in [5.74, 6) is -0.668. The van der Waals surface area contributed by atoms with E-state index in [-0.39, 0.29) is 5.71 Å². The second-order valence-electron chi connectivity index (χ2n) is 4.32. The van der Waals surface area contributed by atoms with Gasteiger partial charge in [0.25, 0.3) is 5.71 Å². The van der Waals surface area contributed by atoms with Crippen molar-refractivity contribution in [1.29, 1.82) is 0 Å². The summed E-state index contributed by atoms with van der Waals surface area (Å²) in [6.45, 7) is 6.93. The smallest absolute Gasteiger partial charge is 0.311 e. The molecule has 1 aliphatic heterocycles. The van der Waals surface area contributed by atoms with Crippen molar-refractivity contribution in [2.24, 2.45) is 5.73 Å². The fourth-order valence-corrected chi connectivity index (χ4v) is 1.82. The molecule has 1 heterocycles. The van der Waals surface area contributed by atoms with Crippen LogP contribution in [-0.2, 0) is 4.79 Å². The molecular formula is C8H15N3O2. The second-order valence-corrected chi connectivity index (χ2v) is 4.32. The molecule has 0 saturated heterocycles. The summed E-state index contributed by atoms with van der Waals surface area (Å²) in [4.78, 5) is 11.0. The third kappa shape index (κ3) is 1.39. The highest BCUT2D eigenvalue weighted by atomic mass is 16.5. The van der Waals surface area contributed by atoms with Crippen LogP contribution in [0.15, 0.2) is 0 Å². The van der Waals surface area contributed by atoms with Gasteiger partial charge in [-0.1, -0.05) is 0 Å². The van der Waals surface area contributed by atoms with Gasteiger partial charge in [0, 0.05) is 13.8 Å². The molecule has 1 rings (SSSR count). The van der Waals surface area contributed by atoms with Crippen molar-refractivity contribution in [1.82, 2.24) is 5.32 Å². The molecule has 0 aromatic heterocycles. The Morgan fingerprint density at radius 3 is 2.08 bits per heavy atom. The van der Waals surface area contributed by atoms with Crippen molar-refractivity contribution in [2.75, 3.05) is 0 Å². The first-order valence-corrected chi connectivity index (χ1v) is 4.12. The van der Waals surface area contributed by atoms with Crippen molar-refractivity contribution in [3.8, 4) is 0 Å². The van der Waals surface area contributed by atoms with E-state index in [0.29, 0.717) is 4.74 Å². The average Bonchev–Trinajstić information content (AvgIpc) is 1.96. The van der Waals surface area contributed by atoms with Crippen molar-refractivity contribution < 1.29 is 9.53 Å². The molecule has 3 N–H and O–H groups in total. The molecule has 5 nitrogen and oxygen atoms in total. The summed E-state index contributed by atoms with van der Waals surface area (Å²) in [6, 6.07) is 0. The summed E-state index contributed by atoms with van der Waals surface area (Å²) < 4.78 is 0.648. The van der Waals surface area contributed by atoms with E-state index in [1.54, 1.807) is 27.7 Å². The Morgan fingerprint density at radius 1 is 1.46 bits per heavy atom. The van der Waals surface area contributed by atoms with Gasteiger partial charge < -0.3 is 10.9 Å². The second kappa shape index (κ2) is 2.45. The molecule has 0 saturated carbocycles. The van der Waals surface area contributed by atoms with Gasteiger partial charge in [0.05, 0.1) is 0 Å². The van der Waals surface area contributed by atoms with Crippen molar-refractivity contribution in [3.05, 3.63) is 5.21 Å². The van der Waals surface area contributed by atoms with Crippen LogP contribution in [0, 0.1) is 5.21 Å². The highest BCUT2D eigenvalue weighted by Crippen LogP contribution is 2.21. The third-order valence-electron chi connectivity index (χ3n) is 2.15. The quantitative estimate of drug-likeness (QED) is 0.428. The van der Waals surface area contributed by atoms with Crippen LogP contribution in [0.25, 0.3) is 0 Å². The van der Waals surface area contributed by atoms with Gasteiger partial charge in [0.2, 0.25) is 5.66 Å². The van der Waals surface area contributed by atoms with Gasteiger partial charge in [0.1, 0.15) is 5.54 Å². The third-order valence-corrected chi connectivity index (χ3v) is 2.15. The monoisotopic (exact) mass is 185 g/mol. The lowest BCUT2D eigenvalue weighted by atomic mass is 9.99. The zero-order valence-electron chi connectivity index (χ0n) is 8.34. The lowest BCUT2D eigenvalue weighted by Gasteiger charge is -2.21. The Hall–Kier alpha value is -1.10. The molecule has 0 aliphatic carbocycles. The number of amides is 1. The predicted molar refractivity (Wildman–Crippen MR) is 49.1 cm³/mol. The molecule has 0 fully saturated rings. The highest BCUT2D eigenvalue weighted by Gasteiger charge is 2.51. The number of carbonyl (C=O) groups is 1. The van der Waals surface area contributed by atoms with Gasteiger partial charge in [-0.15, -0.1) is 0 Å². The van der Waals surface area contributed by atoms with E-state index < -0.39 is 17.1 Å². The lowest BCUT2D eigenvalue weighted by Crippen LogP contribution is -2.51. The van der Waals surface area contributed by atoms with Crippen LogP contribution in [0.5, 0.6) is 0 Å². The zero-order chi connectivity index (χ0) is 10.4. The van der Waals surface area contributed by atoms with Gasteiger partial charge in [0.15, 0.2) is 0 Å². The van der Waals surface area contributed by atoms with Gasteiger partial charge in [-0.25, -0.2) is 5.32 Å². The van der Waals surface area contributed by atoms with E-state index in [1.165, 1.54) is 0 Å². The molecule has 1 aliphatic rings. The van der Waals surface area contributed by atoms with Crippen LogP contribution in [-0.4, -0.2) is 27.6 Å². The first-order chi connectivity index (χ1) is 5.68. The number of hydrogen-bond donors (Lipinski definition) is 2. The van der Waals surface area contributed by atoms with Crippen LogP contribution in [0.2, 0.25) is 0 Å². The van der Waals surface area contributed by atoms with Crippen LogP contribution in [0.4, 0.5) is 0 Å². The minimum Gasteiger partial charge on any atom is -0.622 e. The molecule has 0 unspecified atom stereocenters. The minimum atomic E-state index is -0.770. The molecule has 0 radical (unpaired) electrons. The fraction of sp³-hybridized carbons (Fsp3) is 0.750. The van der Waals surface area contributed by atoms with Gasteiger partial charge in [-0.2, -0.15) is 4.74 Å². The normalized spacial score (nSPS) is 24.9. The highest BCUT2D eigenvalue weighted by molar-refractivity contribution is 6.39. The Bertz CT molecular complexity index is 292. The van der Waals surface area contributed by atoms with Gasteiger partial charge >= 0.3 is 5.91 Å². The molecule has 0 spiro atoms. The number of nitrogens with one attached hydrogen (secondary N) is 1. The molecule has 0 bridgehead atoms. The lowest BCUT2D eigenvalue weighted by molar-refractivity contribution is -0.536. The molecule has 0 atom stereocenters. The molecule has 0 aromatic rings. The van der Waals surface area contributed by atoms with Crippen LogP contribution >= 0.6 is 0 Å². The van der Waals surface area contributed by atoms with E-state index in [1.807, 2.05) is 0 Å². The van der Waals surface area contributed by atoms with Crippen molar-refractivity contribution in [2.45, 2.75) is 38.9 Å². The minimum absolute atomic E-state index is 0.0810. The molecule has 13 heavy (non-hydrogen) atoms. The summed E-state index contributed by atoms with van der Waals surface area (Å²) in [5, 5.41) is 14.6. The van der Waals surface area contributed by atoms with E-state index in [2.05, 4.69) is 5.32 Å². The molecule has 1 amide bonds. The van der Waals surface area contributed by atoms with Gasteiger partial charge in [-0.3, -0.25) is 4.79 Å². The van der Waals surface area contributed by atoms with E-state index in [0.717, 1.165) is 0 Å². The van der Waals surface area contributed by atoms with Gasteiger partial charge in [-0.05, 0) is 13.8 Å². The number of rotatable bonds is 1. The Balaban J connectivity index is 3.26. The number of nitrogens with two attached hydrogens (primary N) is 1. The fourth-order valence-electron chi connectivity index (χ4n) is 1.82. The molecule has 0 aromatic carbocycles. The van der Waals surface area contributed by atoms with Crippen LogP contribution in [0.1, 0.15) is 27.7 Å². The number of hydroxylamine groups is 1.